The molecule has 5 nitrogen and oxygen atoms in total. The maximum absolute atomic E-state index is 11.0. The van der Waals surface area contributed by atoms with E-state index in [2.05, 4.69) is 9.97 Å². The molecule has 14 heavy (non-hydrogen) atoms. The van der Waals surface area contributed by atoms with E-state index >= 15 is 0 Å². The van der Waals surface area contributed by atoms with Crippen LogP contribution in [0.15, 0.2) is 12.5 Å². The molecule has 1 aromatic rings. The molecule has 0 atom stereocenters. The van der Waals surface area contributed by atoms with Crippen LogP contribution in [-0.4, -0.2) is 28.2 Å². The number of nitrogens with zero attached hydrogens (tertiary/aromatic N) is 2. The van der Waals surface area contributed by atoms with Crippen LogP contribution in [0.25, 0.3) is 0 Å². The standard InChI is InChI=1S/C9H10N2O3/c1-14-6-4-10-5-11-7(6)9(2-3-9)8(12)13/h4-5H,2-3H2,1H3,(H,12,13). The molecule has 5 heteroatoms. The lowest BCUT2D eigenvalue weighted by atomic mass is 10.0. The van der Waals surface area contributed by atoms with E-state index in [0.717, 1.165) is 0 Å². The van der Waals surface area contributed by atoms with Crippen LogP contribution in [-0.2, 0) is 10.2 Å². The zero-order valence-electron chi connectivity index (χ0n) is 7.73. The molecular weight excluding hydrogens is 184 g/mol. The van der Waals surface area contributed by atoms with Gasteiger partial charge in [0.05, 0.1) is 13.3 Å². The third kappa shape index (κ3) is 1.13. The number of aliphatic carboxylic acids is 1. The Morgan fingerprint density at radius 1 is 1.64 bits per heavy atom. The van der Waals surface area contributed by atoms with Gasteiger partial charge in [-0.05, 0) is 12.8 Å². The van der Waals surface area contributed by atoms with Gasteiger partial charge in [0.15, 0.2) is 5.75 Å². The molecule has 0 bridgehead atoms. The smallest absolute Gasteiger partial charge is 0.315 e. The van der Waals surface area contributed by atoms with Gasteiger partial charge in [0.2, 0.25) is 0 Å². The molecule has 0 radical (unpaired) electrons. The number of carbonyl (C=O) groups is 1. The van der Waals surface area contributed by atoms with Gasteiger partial charge in [0.25, 0.3) is 0 Å². The number of methoxy groups -OCH3 is 1. The molecule has 0 unspecified atom stereocenters. The molecule has 1 aliphatic carbocycles. The third-order valence-corrected chi connectivity index (χ3v) is 2.51. The summed E-state index contributed by atoms with van der Waals surface area (Å²) in [6.07, 6.45) is 4.08. The van der Waals surface area contributed by atoms with Gasteiger partial charge in [-0.25, -0.2) is 9.97 Å². The number of ether oxygens (including phenoxy) is 1. The van der Waals surface area contributed by atoms with E-state index in [-0.39, 0.29) is 0 Å². The highest BCUT2D eigenvalue weighted by Gasteiger charge is 2.54. The minimum absolute atomic E-state index is 0.451. The van der Waals surface area contributed by atoms with Crippen molar-refractivity contribution < 1.29 is 14.6 Å². The molecule has 0 aromatic carbocycles. The Morgan fingerprint density at radius 2 is 2.36 bits per heavy atom. The van der Waals surface area contributed by atoms with Crippen molar-refractivity contribution in [3.05, 3.63) is 18.2 Å². The molecule has 1 aliphatic rings. The predicted molar refractivity (Wildman–Crippen MR) is 47.1 cm³/mol. The second-order valence-corrected chi connectivity index (χ2v) is 3.33. The maximum Gasteiger partial charge on any atom is 0.315 e. The Labute approximate surface area is 80.8 Å². The molecule has 0 spiro atoms. The van der Waals surface area contributed by atoms with Gasteiger partial charge in [0, 0.05) is 0 Å². The van der Waals surface area contributed by atoms with Gasteiger partial charge >= 0.3 is 5.97 Å². The summed E-state index contributed by atoms with van der Waals surface area (Å²) in [5.41, 5.74) is -0.337. The first-order valence-corrected chi connectivity index (χ1v) is 4.28. The highest BCUT2D eigenvalue weighted by atomic mass is 16.5. The van der Waals surface area contributed by atoms with Crippen molar-refractivity contribution in [3.63, 3.8) is 0 Å². The molecule has 1 N–H and O–H groups in total. The summed E-state index contributed by atoms with van der Waals surface area (Å²) in [5.74, 6) is -0.387. The minimum Gasteiger partial charge on any atom is -0.493 e. The molecule has 1 heterocycles. The van der Waals surface area contributed by atoms with Gasteiger partial charge in [0.1, 0.15) is 17.4 Å². The van der Waals surface area contributed by atoms with E-state index in [1.807, 2.05) is 0 Å². The second-order valence-electron chi connectivity index (χ2n) is 3.33. The molecule has 1 fully saturated rings. The molecule has 0 saturated heterocycles. The number of carboxylic acid groups (broad SMARTS) is 1. The normalized spacial score (nSPS) is 17.5. The van der Waals surface area contributed by atoms with Crippen LogP contribution in [0, 0.1) is 0 Å². The fraction of sp³-hybridized carbons (Fsp3) is 0.444. The van der Waals surface area contributed by atoms with E-state index in [9.17, 15) is 4.79 Å². The summed E-state index contributed by atoms with van der Waals surface area (Å²) >= 11 is 0. The van der Waals surface area contributed by atoms with Crippen LogP contribution in [0.5, 0.6) is 5.75 Å². The summed E-state index contributed by atoms with van der Waals surface area (Å²) in [5, 5.41) is 9.06. The van der Waals surface area contributed by atoms with Gasteiger partial charge in [-0.15, -0.1) is 0 Å². The van der Waals surface area contributed by atoms with Crippen molar-refractivity contribution in [1.29, 1.82) is 0 Å². The number of hydrogen-bond donors (Lipinski definition) is 1. The topological polar surface area (TPSA) is 72.3 Å². The summed E-state index contributed by atoms with van der Waals surface area (Å²) in [6.45, 7) is 0. The van der Waals surface area contributed by atoms with E-state index in [4.69, 9.17) is 9.84 Å². The monoisotopic (exact) mass is 194 g/mol. The summed E-state index contributed by atoms with van der Waals surface area (Å²) in [4.78, 5) is 18.8. The number of aromatic nitrogens is 2. The Morgan fingerprint density at radius 3 is 2.86 bits per heavy atom. The SMILES string of the molecule is COc1cncnc1C1(C(=O)O)CC1. The van der Waals surface area contributed by atoms with Crippen LogP contribution in [0.2, 0.25) is 0 Å². The van der Waals surface area contributed by atoms with Gasteiger partial charge < -0.3 is 9.84 Å². The van der Waals surface area contributed by atoms with Crippen molar-refractivity contribution in [2.75, 3.05) is 7.11 Å². The summed E-state index contributed by atoms with van der Waals surface area (Å²) in [7, 11) is 1.49. The van der Waals surface area contributed by atoms with E-state index in [1.54, 1.807) is 0 Å². The lowest BCUT2D eigenvalue weighted by Crippen LogP contribution is -2.21. The third-order valence-electron chi connectivity index (χ3n) is 2.51. The quantitative estimate of drug-likeness (QED) is 0.762. The molecule has 74 valence electrons. The van der Waals surface area contributed by atoms with E-state index in [1.165, 1.54) is 19.6 Å². The van der Waals surface area contributed by atoms with Crippen molar-refractivity contribution in [2.45, 2.75) is 18.3 Å². The molecule has 0 amide bonds. The Bertz CT molecular complexity index is 374. The predicted octanol–water partition coefficient (Wildman–Crippen LogP) is 0.601. The Kier molecular flexibility index (Phi) is 1.87. The van der Waals surface area contributed by atoms with E-state index in [0.29, 0.717) is 24.3 Å². The fourth-order valence-electron chi connectivity index (χ4n) is 1.50. The second kappa shape index (κ2) is 2.94. The first-order valence-electron chi connectivity index (χ1n) is 4.28. The fourth-order valence-corrected chi connectivity index (χ4v) is 1.50. The molecular formula is C9H10N2O3. The largest absolute Gasteiger partial charge is 0.493 e. The first kappa shape index (κ1) is 8.93. The van der Waals surface area contributed by atoms with Gasteiger partial charge in [-0.2, -0.15) is 0 Å². The molecule has 1 aromatic heterocycles. The lowest BCUT2D eigenvalue weighted by Gasteiger charge is -2.11. The highest BCUT2D eigenvalue weighted by Crippen LogP contribution is 2.50. The van der Waals surface area contributed by atoms with Gasteiger partial charge in [-0.3, -0.25) is 4.79 Å². The Balaban J connectivity index is 2.46. The first-order chi connectivity index (χ1) is 6.70. The van der Waals surface area contributed by atoms with E-state index < -0.39 is 11.4 Å². The van der Waals surface area contributed by atoms with Crippen molar-refractivity contribution in [3.8, 4) is 5.75 Å². The number of carboxylic acids is 1. The lowest BCUT2D eigenvalue weighted by molar-refractivity contribution is -0.140. The molecule has 0 aliphatic heterocycles. The molecule has 1 saturated carbocycles. The van der Waals surface area contributed by atoms with Crippen molar-refractivity contribution >= 4 is 5.97 Å². The average molecular weight is 194 g/mol. The van der Waals surface area contributed by atoms with Crippen LogP contribution in [0.4, 0.5) is 0 Å². The van der Waals surface area contributed by atoms with Crippen LogP contribution in [0.3, 0.4) is 0 Å². The highest BCUT2D eigenvalue weighted by molar-refractivity contribution is 5.85. The summed E-state index contributed by atoms with van der Waals surface area (Å²) < 4.78 is 5.03. The zero-order valence-corrected chi connectivity index (χ0v) is 7.73. The van der Waals surface area contributed by atoms with Crippen molar-refractivity contribution in [1.82, 2.24) is 9.97 Å². The number of hydrogen-bond acceptors (Lipinski definition) is 4. The van der Waals surface area contributed by atoms with Crippen LogP contribution < -0.4 is 4.74 Å². The molecule has 2 rings (SSSR count). The number of rotatable bonds is 3. The van der Waals surface area contributed by atoms with Crippen LogP contribution >= 0.6 is 0 Å². The zero-order chi connectivity index (χ0) is 10.2. The van der Waals surface area contributed by atoms with Crippen LogP contribution in [0.1, 0.15) is 18.5 Å². The maximum atomic E-state index is 11.0. The van der Waals surface area contributed by atoms with Gasteiger partial charge in [-0.1, -0.05) is 0 Å². The minimum atomic E-state index is -0.838. The van der Waals surface area contributed by atoms with Crippen molar-refractivity contribution in [2.24, 2.45) is 0 Å². The Hall–Kier alpha value is -1.65. The average Bonchev–Trinajstić information content (AvgIpc) is 2.98. The summed E-state index contributed by atoms with van der Waals surface area (Å²) in [6, 6.07) is 0.